The first-order valence-corrected chi connectivity index (χ1v) is 10.3. The Morgan fingerprint density at radius 1 is 1.07 bits per heavy atom. The van der Waals surface area contributed by atoms with Crippen LogP contribution in [0.25, 0.3) is 0 Å². The Kier molecular flexibility index (Phi) is 5.87. The van der Waals surface area contributed by atoms with E-state index in [9.17, 15) is 0 Å². The average Bonchev–Trinajstić information content (AvgIpc) is 2.74. The van der Waals surface area contributed by atoms with Crippen LogP contribution in [0.15, 0.2) is 58.5 Å². The minimum absolute atomic E-state index is 0.325. The van der Waals surface area contributed by atoms with E-state index in [2.05, 4.69) is 33.1 Å². The molecule has 2 heterocycles. The third-order valence-electron chi connectivity index (χ3n) is 4.97. The third-order valence-corrected chi connectivity index (χ3v) is 6.01. The molecule has 2 aromatic carbocycles. The second-order valence-corrected chi connectivity index (χ2v) is 7.93. The zero-order chi connectivity index (χ0) is 20.2. The maximum absolute atomic E-state index is 6.02. The SMILES string of the molecule is COc1ccc(CN2CCc3c(nc(N)nc3Sc3ccccc3)C2)c(OC)c1. The van der Waals surface area contributed by atoms with Gasteiger partial charge in [0.2, 0.25) is 5.95 Å². The van der Waals surface area contributed by atoms with E-state index >= 15 is 0 Å². The lowest BCUT2D eigenvalue weighted by atomic mass is 10.1. The lowest BCUT2D eigenvalue weighted by Gasteiger charge is -2.29. The van der Waals surface area contributed by atoms with Gasteiger partial charge in [-0.25, -0.2) is 9.97 Å². The second-order valence-electron chi connectivity index (χ2n) is 6.87. The molecule has 0 atom stereocenters. The van der Waals surface area contributed by atoms with Crippen molar-refractivity contribution < 1.29 is 9.47 Å². The zero-order valence-corrected chi connectivity index (χ0v) is 17.4. The smallest absolute Gasteiger partial charge is 0.221 e. The Balaban J connectivity index is 1.55. The van der Waals surface area contributed by atoms with Crippen LogP contribution in [0.2, 0.25) is 0 Å². The molecule has 3 aromatic rings. The molecule has 0 unspecified atom stereocenters. The summed E-state index contributed by atoms with van der Waals surface area (Å²) in [7, 11) is 3.34. The number of fused-ring (bicyclic) bond motifs is 1. The molecular formula is C22H24N4O2S. The van der Waals surface area contributed by atoms with Gasteiger partial charge in [-0.3, -0.25) is 4.90 Å². The number of hydrogen-bond donors (Lipinski definition) is 1. The first-order valence-electron chi connectivity index (χ1n) is 9.47. The molecule has 0 saturated carbocycles. The van der Waals surface area contributed by atoms with Gasteiger partial charge >= 0.3 is 0 Å². The Morgan fingerprint density at radius 3 is 2.66 bits per heavy atom. The highest BCUT2D eigenvalue weighted by Gasteiger charge is 2.23. The van der Waals surface area contributed by atoms with E-state index in [4.69, 9.17) is 15.2 Å². The molecule has 1 aliphatic heterocycles. The Hall–Kier alpha value is -2.77. The van der Waals surface area contributed by atoms with E-state index in [1.807, 2.05) is 30.3 Å². The summed E-state index contributed by atoms with van der Waals surface area (Å²) in [5.41, 5.74) is 9.36. The number of methoxy groups -OCH3 is 2. The normalized spacial score (nSPS) is 13.7. The van der Waals surface area contributed by atoms with Gasteiger partial charge in [0, 0.05) is 41.7 Å². The molecular weight excluding hydrogens is 384 g/mol. The molecule has 0 bridgehead atoms. The lowest BCUT2D eigenvalue weighted by molar-refractivity contribution is 0.236. The van der Waals surface area contributed by atoms with Crippen molar-refractivity contribution in [1.82, 2.24) is 14.9 Å². The van der Waals surface area contributed by atoms with Crippen LogP contribution >= 0.6 is 11.8 Å². The number of rotatable bonds is 6. The maximum Gasteiger partial charge on any atom is 0.221 e. The van der Waals surface area contributed by atoms with Crippen LogP contribution in [0.1, 0.15) is 16.8 Å². The summed E-state index contributed by atoms with van der Waals surface area (Å²) >= 11 is 1.65. The van der Waals surface area contributed by atoms with Crippen molar-refractivity contribution in [2.24, 2.45) is 0 Å². The quantitative estimate of drug-likeness (QED) is 0.622. The largest absolute Gasteiger partial charge is 0.497 e. The summed E-state index contributed by atoms with van der Waals surface area (Å²) in [6.45, 7) is 2.44. The molecule has 7 heteroatoms. The van der Waals surface area contributed by atoms with Crippen LogP contribution in [-0.2, 0) is 19.5 Å². The molecule has 4 rings (SSSR count). The van der Waals surface area contributed by atoms with Gasteiger partial charge in [0.15, 0.2) is 0 Å². The van der Waals surface area contributed by atoms with Crippen molar-refractivity contribution in [3.05, 3.63) is 65.4 Å². The number of benzene rings is 2. The summed E-state index contributed by atoms with van der Waals surface area (Å²) in [6.07, 6.45) is 0.892. The summed E-state index contributed by atoms with van der Waals surface area (Å²) in [4.78, 5) is 12.6. The first-order chi connectivity index (χ1) is 14.2. The molecule has 29 heavy (non-hydrogen) atoms. The first kappa shape index (κ1) is 19.5. The predicted molar refractivity (Wildman–Crippen MR) is 114 cm³/mol. The van der Waals surface area contributed by atoms with Crippen LogP contribution in [-0.4, -0.2) is 35.6 Å². The number of anilines is 1. The maximum atomic E-state index is 6.02. The highest BCUT2D eigenvalue weighted by Crippen LogP contribution is 2.34. The van der Waals surface area contributed by atoms with Crippen molar-refractivity contribution >= 4 is 17.7 Å². The molecule has 1 aromatic heterocycles. The van der Waals surface area contributed by atoms with E-state index in [1.54, 1.807) is 26.0 Å². The van der Waals surface area contributed by atoms with E-state index in [0.717, 1.165) is 58.7 Å². The standard InChI is InChI=1S/C22H24N4O2S/c1-27-16-9-8-15(20(12-16)28-2)13-26-11-10-18-19(14-26)24-22(23)25-21(18)29-17-6-4-3-5-7-17/h3-9,12H,10-11,13-14H2,1-2H3,(H2,23,24,25). The molecule has 150 valence electrons. The number of ether oxygens (including phenoxy) is 2. The van der Waals surface area contributed by atoms with E-state index in [1.165, 1.54) is 5.56 Å². The van der Waals surface area contributed by atoms with Crippen LogP contribution in [0.5, 0.6) is 11.5 Å². The second kappa shape index (κ2) is 8.71. The van der Waals surface area contributed by atoms with E-state index < -0.39 is 0 Å². The van der Waals surface area contributed by atoms with Gasteiger partial charge in [0.25, 0.3) is 0 Å². The predicted octanol–water partition coefficient (Wildman–Crippen LogP) is 3.79. The lowest BCUT2D eigenvalue weighted by Crippen LogP contribution is -2.31. The fourth-order valence-corrected chi connectivity index (χ4v) is 4.51. The van der Waals surface area contributed by atoms with Crippen LogP contribution in [0.3, 0.4) is 0 Å². The topological polar surface area (TPSA) is 73.5 Å². The summed E-state index contributed by atoms with van der Waals surface area (Å²) in [6, 6.07) is 16.2. The van der Waals surface area contributed by atoms with Gasteiger partial charge in [-0.1, -0.05) is 36.0 Å². The minimum Gasteiger partial charge on any atom is -0.497 e. The molecule has 2 N–H and O–H groups in total. The number of aromatic nitrogens is 2. The van der Waals surface area contributed by atoms with Gasteiger partial charge in [0.05, 0.1) is 19.9 Å². The highest BCUT2D eigenvalue weighted by atomic mass is 32.2. The van der Waals surface area contributed by atoms with Crippen molar-refractivity contribution in [3.63, 3.8) is 0 Å². The summed E-state index contributed by atoms with van der Waals surface area (Å²) < 4.78 is 10.8. The molecule has 0 spiro atoms. The van der Waals surface area contributed by atoms with Crippen molar-refractivity contribution in [2.45, 2.75) is 29.4 Å². The Morgan fingerprint density at radius 2 is 1.90 bits per heavy atom. The number of nitrogen functional groups attached to an aromatic ring is 1. The summed E-state index contributed by atoms with van der Waals surface area (Å²) in [5.74, 6) is 1.95. The molecule has 6 nitrogen and oxygen atoms in total. The fourth-order valence-electron chi connectivity index (χ4n) is 3.51. The molecule has 0 saturated heterocycles. The van der Waals surface area contributed by atoms with Crippen LogP contribution < -0.4 is 15.2 Å². The molecule has 0 amide bonds. The molecule has 0 radical (unpaired) electrons. The molecule has 0 aliphatic carbocycles. The van der Waals surface area contributed by atoms with Gasteiger partial charge in [-0.15, -0.1) is 0 Å². The Bertz CT molecular complexity index is 998. The van der Waals surface area contributed by atoms with Crippen LogP contribution in [0, 0.1) is 0 Å². The van der Waals surface area contributed by atoms with E-state index in [-0.39, 0.29) is 0 Å². The fraction of sp³-hybridized carbons (Fsp3) is 0.273. The summed E-state index contributed by atoms with van der Waals surface area (Å²) in [5, 5.41) is 0.959. The monoisotopic (exact) mass is 408 g/mol. The van der Waals surface area contributed by atoms with Gasteiger partial charge in [-0.05, 0) is 24.6 Å². The highest BCUT2D eigenvalue weighted by molar-refractivity contribution is 7.99. The van der Waals surface area contributed by atoms with Gasteiger partial charge < -0.3 is 15.2 Å². The zero-order valence-electron chi connectivity index (χ0n) is 16.6. The third kappa shape index (κ3) is 4.46. The van der Waals surface area contributed by atoms with Crippen LogP contribution in [0.4, 0.5) is 5.95 Å². The number of hydrogen-bond acceptors (Lipinski definition) is 7. The molecule has 0 fully saturated rings. The van der Waals surface area contributed by atoms with Crippen molar-refractivity contribution in [2.75, 3.05) is 26.5 Å². The Labute approximate surface area is 175 Å². The van der Waals surface area contributed by atoms with Gasteiger partial charge in [-0.2, -0.15) is 0 Å². The van der Waals surface area contributed by atoms with E-state index in [0.29, 0.717) is 5.95 Å². The number of nitrogens with zero attached hydrogens (tertiary/aromatic N) is 3. The minimum atomic E-state index is 0.325. The average molecular weight is 409 g/mol. The molecule has 1 aliphatic rings. The van der Waals surface area contributed by atoms with Crippen molar-refractivity contribution in [1.29, 1.82) is 0 Å². The van der Waals surface area contributed by atoms with Gasteiger partial charge in [0.1, 0.15) is 16.5 Å². The van der Waals surface area contributed by atoms with Crippen molar-refractivity contribution in [3.8, 4) is 11.5 Å². The number of nitrogens with two attached hydrogens (primary N) is 1.